The predicted octanol–water partition coefficient (Wildman–Crippen LogP) is 1.61. The van der Waals surface area contributed by atoms with Crippen LogP contribution in [0.4, 0.5) is 0 Å². The topological polar surface area (TPSA) is 55.8 Å². The van der Waals surface area contributed by atoms with Gasteiger partial charge in [-0.25, -0.2) is 0 Å². The molecule has 0 aliphatic rings. The van der Waals surface area contributed by atoms with Crippen LogP contribution in [0, 0.1) is 0 Å². The summed E-state index contributed by atoms with van der Waals surface area (Å²) in [6.07, 6.45) is 0. The number of carbonyl (C=O) groups is 1. The summed E-state index contributed by atoms with van der Waals surface area (Å²) in [5, 5.41) is 9.29. The first-order chi connectivity index (χ1) is 6.60. The van der Waals surface area contributed by atoms with Gasteiger partial charge in [-0.15, -0.1) is 0 Å². The molecule has 0 saturated carbocycles. The smallest absolute Gasteiger partial charge is 0.167 e. The summed E-state index contributed by atoms with van der Waals surface area (Å²) in [4.78, 5) is 11.3. The van der Waals surface area contributed by atoms with Crippen molar-refractivity contribution < 1.29 is 19.4 Å². The molecule has 0 spiro atoms. The van der Waals surface area contributed by atoms with Gasteiger partial charge in [0, 0.05) is 12.1 Å². The minimum atomic E-state index is -0.168. The predicted molar refractivity (Wildman–Crippen MR) is 51.2 cm³/mol. The molecule has 0 radical (unpaired) electrons. The quantitative estimate of drug-likeness (QED) is 0.746. The third kappa shape index (κ3) is 1.79. The average molecular weight is 196 g/mol. The summed E-state index contributed by atoms with van der Waals surface area (Å²) < 4.78 is 9.94. The zero-order chi connectivity index (χ0) is 10.7. The van der Waals surface area contributed by atoms with Gasteiger partial charge in [-0.1, -0.05) is 0 Å². The summed E-state index contributed by atoms with van der Waals surface area (Å²) in [6.45, 7) is 1.41. The van der Waals surface area contributed by atoms with Crippen LogP contribution >= 0.6 is 0 Å². The number of Topliss-reactive ketones (excluding diaryl/α,β-unsaturated/α-hetero) is 1. The summed E-state index contributed by atoms with van der Waals surface area (Å²) in [5.41, 5.74) is 0.341. The molecule has 0 atom stereocenters. The zero-order valence-electron chi connectivity index (χ0n) is 8.33. The molecule has 0 heterocycles. The number of hydrogen-bond acceptors (Lipinski definition) is 4. The van der Waals surface area contributed by atoms with Crippen molar-refractivity contribution in [3.8, 4) is 17.2 Å². The number of benzene rings is 1. The number of aromatic hydroxyl groups is 1. The van der Waals surface area contributed by atoms with Gasteiger partial charge >= 0.3 is 0 Å². The van der Waals surface area contributed by atoms with E-state index in [0.29, 0.717) is 17.1 Å². The Kier molecular flexibility index (Phi) is 2.96. The molecule has 1 aromatic rings. The normalized spacial score (nSPS) is 9.64. The molecule has 76 valence electrons. The molecule has 0 bridgehead atoms. The standard InChI is InChI=1S/C10H12O4/c1-6(11)10-8(13-2)4-7(12)5-9(10)14-3/h4-5,12H,1-3H3. The van der Waals surface area contributed by atoms with Crippen LogP contribution in [0.15, 0.2) is 12.1 Å². The van der Waals surface area contributed by atoms with Crippen LogP contribution in [0.5, 0.6) is 17.2 Å². The van der Waals surface area contributed by atoms with E-state index in [4.69, 9.17) is 9.47 Å². The van der Waals surface area contributed by atoms with Gasteiger partial charge in [-0.3, -0.25) is 4.79 Å². The molecular formula is C10H12O4. The first-order valence-corrected chi connectivity index (χ1v) is 4.06. The van der Waals surface area contributed by atoms with Gasteiger partial charge in [0.2, 0.25) is 0 Å². The number of hydrogen-bond donors (Lipinski definition) is 1. The average Bonchev–Trinajstić information content (AvgIpc) is 2.15. The van der Waals surface area contributed by atoms with Crippen molar-refractivity contribution in [2.75, 3.05) is 14.2 Å². The van der Waals surface area contributed by atoms with Crippen molar-refractivity contribution in [3.63, 3.8) is 0 Å². The second kappa shape index (κ2) is 4.00. The van der Waals surface area contributed by atoms with Gasteiger partial charge in [-0.05, 0) is 6.92 Å². The van der Waals surface area contributed by atoms with Crippen LogP contribution in [0.2, 0.25) is 0 Å². The Labute approximate surface area is 82.1 Å². The van der Waals surface area contributed by atoms with Gasteiger partial charge in [0.05, 0.1) is 14.2 Å². The highest BCUT2D eigenvalue weighted by atomic mass is 16.5. The van der Waals surface area contributed by atoms with Gasteiger partial charge in [0.25, 0.3) is 0 Å². The highest BCUT2D eigenvalue weighted by molar-refractivity contribution is 5.99. The fraction of sp³-hybridized carbons (Fsp3) is 0.300. The van der Waals surface area contributed by atoms with E-state index < -0.39 is 0 Å². The lowest BCUT2D eigenvalue weighted by atomic mass is 10.1. The first kappa shape index (κ1) is 10.4. The molecule has 4 nitrogen and oxygen atoms in total. The number of carbonyl (C=O) groups excluding carboxylic acids is 1. The summed E-state index contributed by atoms with van der Waals surface area (Å²) in [7, 11) is 2.86. The van der Waals surface area contributed by atoms with Crippen LogP contribution in [0.3, 0.4) is 0 Å². The lowest BCUT2D eigenvalue weighted by Gasteiger charge is -2.10. The second-order valence-electron chi connectivity index (χ2n) is 2.78. The van der Waals surface area contributed by atoms with Gasteiger partial charge in [-0.2, -0.15) is 0 Å². The lowest BCUT2D eigenvalue weighted by molar-refractivity contribution is 0.101. The number of phenols is 1. The van der Waals surface area contributed by atoms with E-state index >= 15 is 0 Å². The van der Waals surface area contributed by atoms with Crippen molar-refractivity contribution in [1.82, 2.24) is 0 Å². The van der Waals surface area contributed by atoms with E-state index in [1.165, 1.54) is 33.3 Å². The van der Waals surface area contributed by atoms with Crippen LogP contribution in [0.25, 0.3) is 0 Å². The molecule has 1 N–H and O–H groups in total. The third-order valence-corrected chi connectivity index (χ3v) is 1.84. The lowest BCUT2D eigenvalue weighted by Crippen LogP contribution is -2.01. The molecule has 1 rings (SSSR count). The second-order valence-corrected chi connectivity index (χ2v) is 2.78. The molecule has 0 aliphatic carbocycles. The summed E-state index contributed by atoms with van der Waals surface area (Å²) in [5.74, 6) is 0.464. The molecular weight excluding hydrogens is 184 g/mol. The van der Waals surface area contributed by atoms with E-state index in [1.807, 2.05) is 0 Å². The Morgan fingerprint density at radius 2 is 1.64 bits per heavy atom. The van der Waals surface area contributed by atoms with Crippen LogP contribution in [0.1, 0.15) is 17.3 Å². The molecule has 0 amide bonds. The van der Waals surface area contributed by atoms with Crippen molar-refractivity contribution in [2.45, 2.75) is 6.92 Å². The third-order valence-electron chi connectivity index (χ3n) is 1.84. The SMILES string of the molecule is COc1cc(O)cc(OC)c1C(C)=O. The number of phenolic OH excluding ortho intramolecular Hbond substituents is 1. The maximum Gasteiger partial charge on any atom is 0.167 e. The largest absolute Gasteiger partial charge is 0.508 e. The van der Waals surface area contributed by atoms with Gasteiger partial charge in [0.15, 0.2) is 5.78 Å². The first-order valence-electron chi connectivity index (χ1n) is 4.06. The van der Waals surface area contributed by atoms with Crippen molar-refractivity contribution in [3.05, 3.63) is 17.7 Å². The Hall–Kier alpha value is -1.71. The van der Waals surface area contributed by atoms with Crippen LogP contribution in [-0.2, 0) is 0 Å². The van der Waals surface area contributed by atoms with E-state index in [9.17, 15) is 9.90 Å². The maximum atomic E-state index is 11.3. The van der Waals surface area contributed by atoms with Crippen molar-refractivity contribution >= 4 is 5.78 Å². The highest BCUT2D eigenvalue weighted by Crippen LogP contribution is 2.33. The van der Waals surface area contributed by atoms with E-state index in [1.54, 1.807) is 0 Å². The van der Waals surface area contributed by atoms with Crippen molar-refractivity contribution in [2.24, 2.45) is 0 Å². The fourth-order valence-corrected chi connectivity index (χ4v) is 1.25. The molecule has 0 aromatic heterocycles. The van der Waals surface area contributed by atoms with Gasteiger partial charge in [0.1, 0.15) is 22.8 Å². The van der Waals surface area contributed by atoms with E-state index in [2.05, 4.69) is 0 Å². The van der Waals surface area contributed by atoms with Crippen LogP contribution < -0.4 is 9.47 Å². The Bertz CT molecular complexity index is 332. The maximum absolute atomic E-state index is 11.3. The zero-order valence-corrected chi connectivity index (χ0v) is 8.33. The van der Waals surface area contributed by atoms with E-state index in [-0.39, 0.29) is 11.5 Å². The molecule has 0 saturated heterocycles. The number of methoxy groups -OCH3 is 2. The summed E-state index contributed by atoms with van der Waals surface area (Å²) in [6, 6.07) is 2.75. The minimum Gasteiger partial charge on any atom is -0.508 e. The molecule has 0 aliphatic heterocycles. The Morgan fingerprint density at radius 1 is 1.21 bits per heavy atom. The van der Waals surface area contributed by atoms with E-state index in [0.717, 1.165) is 0 Å². The number of rotatable bonds is 3. The monoisotopic (exact) mass is 196 g/mol. The number of ether oxygens (including phenoxy) is 2. The van der Waals surface area contributed by atoms with Gasteiger partial charge < -0.3 is 14.6 Å². The Balaban J connectivity index is 3.40. The molecule has 0 fully saturated rings. The molecule has 14 heavy (non-hydrogen) atoms. The number of ketones is 1. The minimum absolute atomic E-state index is 0.00343. The van der Waals surface area contributed by atoms with Crippen LogP contribution in [-0.4, -0.2) is 25.1 Å². The fourth-order valence-electron chi connectivity index (χ4n) is 1.25. The summed E-state index contributed by atoms with van der Waals surface area (Å²) >= 11 is 0. The molecule has 1 aromatic carbocycles. The molecule has 0 unspecified atom stereocenters. The van der Waals surface area contributed by atoms with Crippen molar-refractivity contribution in [1.29, 1.82) is 0 Å². The molecule has 4 heteroatoms. The Morgan fingerprint density at radius 3 is 1.93 bits per heavy atom. The highest BCUT2D eigenvalue weighted by Gasteiger charge is 2.15.